The van der Waals surface area contributed by atoms with Crippen LogP contribution in [0.15, 0.2) is 41.6 Å². The molecule has 0 unspecified atom stereocenters. The van der Waals surface area contributed by atoms with Crippen LogP contribution in [0.25, 0.3) is 5.78 Å². The molecule has 0 saturated heterocycles. The quantitative estimate of drug-likeness (QED) is 0.333. The van der Waals surface area contributed by atoms with E-state index in [9.17, 15) is 4.79 Å². The minimum atomic E-state index is -0.214. The monoisotopic (exact) mass is 507 g/mol. The van der Waals surface area contributed by atoms with Gasteiger partial charge in [-0.3, -0.25) is 4.79 Å². The van der Waals surface area contributed by atoms with Gasteiger partial charge in [-0.2, -0.15) is 4.98 Å². The van der Waals surface area contributed by atoms with Crippen LogP contribution < -0.4 is 19.5 Å². The van der Waals surface area contributed by atoms with Crippen LogP contribution in [0.5, 0.6) is 17.2 Å². The molecule has 0 bridgehead atoms. The lowest BCUT2D eigenvalue weighted by atomic mass is 10.0. The van der Waals surface area contributed by atoms with Gasteiger partial charge in [0.25, 0.3) is 5.78 Å². The van der Waals surface area contributed by atoms with E-state index in [-0.39, 0.29) is 11.7 Å². The predicted octanol–water partition coefficient (Wildman–Crippen LogP) is 4.40. The molecule has 0 radical (unpaired) electrons. The first-order valence-corrected chi connectivity index (χ1v) is 12.3. The lowest BCUT2D eigenvalue weighted by Crippen LogP contribution is -2.14. The Bertz CT molecular complexity index is 1380. The third-order valence-electron chi connectivity index (χ3n) is 5.81. The van der Waals surface area contributed by atoms with Crippen molar-refractivity contribution >= 4 is 29.1 Å². The number of nitrogens with one attached hydrogen (secondary N) is 1. The lowest BCUT2D eigenvalue weighted by Gasteiger charge is -2.14. The number of fused-ring (bicyclic) bond motifs is 1. The molecule has 36 heavy (non-hydrogen) atoms. The number of hydrogen-bond donors (Lipinski definition) is 1. The van der Waals surface area contributed by atoms with E-state index in [1.54, 1.807) is 16.6 Å². The van der Waals surface area contributed by atoms with E-state index in [1.165, 1.54) is 44.2 Å². The molecular weight excluding hydrogens is 478 g/mol. The van der Waals surface area contributed by atoms with Crippen molar-refractivity contribution in [3.63, 3.8) is 0 Å². The number of nitrogens with zero attached hydrogens (tertiary/aromatic N) is 4. The number of rotatable bonds is 9. The molecule has 4 rings (SSSR count). The highest BCUT2D eigenvalue weighted by Gasteiger charge is 2.17. The van der Waals surface area contributed by atoms with E-state index in [0.717, 1.165) is 23.4 Å². The number of benzene rings is 2. The zero-order valence-corrected chi connectivity index (χ0v) is 22.0. The van der Waals surface area contributed by atoms with Crippen molar-refractivity contribution in [3.8, 4) is 17.2 Å². The molecule has 0 spiro atoms. The van der Waals surface area contributed by atoms with Crippen molar-refractivity contribution in [1.82, 2.24) is 19.6 Å². The summed E-state index contributed by atoms with van der Waals surface area (Å²) in [5, 5.41) is 7.93. The van der Waals surface area contributed by atoms with Crippen molar-refractivity contribution < 1.29 is 19.0 Å². The second kappa shape index (κ2) is 10.9. The third kappa shape index (κ3) is 5.38. The van der Waals surface area contributed by atoms with E-state index in [2.05, 4.69) is 51.6 Å². The number of hydrogen-bond acceptors (Lipinski definition) is 8. The molecule has 0 saturated carbocycles. The van der Waals surface area contributed by atoms with Crippen molar-refractivity contribution in [3.05, 3.63) is 64.5 Å². The van der Waals surface area contributed by atoms with Crippen molar-refractivity contribution in [2.75, 3.05) is 32.4 Å². The Morgan fingerprint density at radius 1 is 0.972 bits per heavy atom. The second-order valence-electron chi connectivity index (χ2n) is 8.28. The van der Waals surface area contributed by atoms with Crippen LogP contribution in [-0.2, 0) is 11.2 Å². The molecule has 0 fully saturated rings. The number of ether oxygens (including phenoxy) is 3. The molecular formula is C26H29N5O4S. The predicted molar refractivity (Wildman–Crippen MR) is 140 cm³/mol. The van der Waals surface area contributed by atoms with Gasteiger partial charge in [-0.1, -0.05) is 41.6 Å². The van der Waals surface area contributed by atoms with Crippen LogP contribution in [0.1, 0.15) is 28.1 Å². The molecule has 0 aliphatic rings. The Balaban J connectivity index is 1.48. The molecule has 10 heteroatoms. The number of methoxy groups -OCH3 is 3. The summed E-state index contributed by atoms with van der Waals surface area (Å²) in [4.78, 5) is 21.8. The molecule has 9 nitrogen and oxygen atoms in total. The molecule has 2 aromatic heterocycles. The molecule has 2 aromatic carbocycles. The maximum Gasteiger partial charge on any atom is 0.253 e. The summed E-state index contributed by atoms with van der Waals surface area (Å²) in [6.07, 6.45) is 0.764. The first kappa shape index (κ1) is 25.3. The van der Waals surface area contributed by atoms with Crippen LogP contribution in [0, 0.1) is 20.8 Å². The number of amides is 1. The van der Waals surface area contributed by atoms with Crippen molar-refractivity contribution in [2.45, 2.75) is 32.3 Å². The minimum absolute atomic E-state index is 0.127. The summed E-state index contributed by atoms with van der Waals surface area (Å²) >= 11 is 1.24. The van der Waals surface area contributed by atoms with Crippen LogP contribution >= 0.6 is 11.8 Å². The molecule has 1 amide bonds. The highest BCUT2D eigenvalue weighted by atomic mass is 32.2. The summed E-state index contributed by atoms with van der Waals surface area (Å²) in [6, 6.07) is 11.8. The van der Waals surface area contributed by atoms with E-state index in [0.29, 0.717) is 33.9 Å². The maximum absolute atomic E-state index is 12.6. The molecule has 188 valence electrons. The Kier molecular flexibility index (Phi) is 7.64. The number of anilines is 1. The number of carbonyl (C=O) groups is 1. The summed E-state index contributed by atoms with van der Waals surface area (Å²) in [5.74, 6) is 1.81. The van der Waals surface area contributed by atoms with Crippen molar-refractivity contribution in [1.29, 1.82) is 0 Å². The van der Waals surface area contributed by atoms with E-state index in [4.69, 9.17) is 14.2 Å². The fraction of sp³-hybridized carbons (Fsp3) is 0.308. The van der Waals surface area contributed by atoms with Crippen LogP contribution in [-0.4, -0.2) is 52.6 Å². The highest BCUT2D eigenvalue weighted by molar-refractivity contribution is 7.99. The highest BCUT2D eigenvalue weighted by Crippen LogP contribution is 2.40. The summed E-state index contributed by atoms with van der Waals surface area (Å²) in [6.45, 7) is 6.09. The minimum Gasteiger partial charge on any atom is -0.493 e. The van der Waals surface area contributed by atoms with Gasteiger partial charge < -0.3 is 19.5 Å². The Hall–Kier alpha value is -3.79. The number of aromatic nitrogens is 4. The fourth-order valence-electron chi connectivity index (χ4n) is 3.90. The Morgan fingerprint density at radius 3 is 2.25 bits per heavy atom. The van der Waals surface area contributed by atoms with Gasteiger partial charge in [-0.15, -0.1) is 5.10 Å². The fourth-order valence-corrected chi connectivity index (χ4v) is 4.52. The molecule has 0 aliphatic carbocycles. The normalized spacial score (nSPS) is 10.9. The lowest BCUT2D eigenvalue weighted by molar-refractivity contribution is -0.113. The SMILES string of the molecule is COc1cc(NC(=O)CSc2nc3nc(C)c(Cc4ccc(C)cc4)c(C)n3n2)cc(OC)c1OC. The standard InChI is InChI=1S/C26H29N5O4S/c1-15-7-9-18(10-8-15)11-20-16(2)27-25-29-26(30-31(25)17(20)3)36-14-23(32)28-19-12-21(33-4)24(35-6)22(13-19)34-5/h7-10,12-13H,11,14H2,1-6H3,(H,28,32). The Labute approximate surface area is 214 Å². The van der Waals surface area contributed by atoms with Crippen molar-refractivity contribution in [2.24, 2.45) is 0 Å². The van der Waals surface area contributed by atoms with Gasteiger partial charge in [-0.25, -0.2) is 9.50 Å². The molecule has 4 aromatic rings. The van der Waals surface area contributed by atoms with Gasteiger partial charge in [0.05, 0.1) is 27.1 Å². The summed E-state index contributed by atoms with van der Waals surface area (Å²) in [5.41, 5.74) is 6.00. The largest absolute Gasteiger partial charge is 0.493 e. The van der Waals surface area contributed by atoms with Crippen LogP contribution in [0.2, 0.25) is 0 Å². The van der Waals surface area contributed by atoms with Gasteiger partial charge in [0.15, 0.2) is 11.5 Å². The average molecular weight is 508 g/mol. The topological polar surface area (TPSA) is 99.9 Å². The number of aryl methyl sites for hydroxylation is 3. The van der Waals surface area contributed by atoms with Gasteiger partial charge in [0, 0.05) is 35.6 Å². The van der Waals surface area contributed by atoms with Gasteiger partial charge >= 0.3 is 0 Å². The first-order chi connectivity index (χ1) is 17.3. The summed E-state index contributed by atoms with van der Waals surface area (Å²) in [7, 11) is 4.58. The average Bonchev–Trinajstić information content (AvgIpc) is 3.28. The molecule has 1 N–H and O–H groups in total. The molecule has 0 aliphatic heterocycles. The smallest absolute Gasteiger partial charge is 0.253 e. The van der Waals surface area contributed by atoms with Gasteiger partial charge in [0.2, 0.25) is 16.8 Å². The second-order valence-corrected chi connectivity index (χ2v) is 9.22. The maximum atomic E-state index is 12.6. The molecule has 2 heterocycles. The number of carbonyl (C=O) groups excluding carboxylic acids is 1. The first-order valence-electron chi connectivity index (χ1n) is 11.3. The summed E-state index contributed by atoms with van der Waals surface area (Å²) < 4.78 is 17.8. The van der Waals surface area contributed by atoms with Gasteiger partial charge in [0.1, 0.15) is 0 Å². The van der Waals surface area contributed by atoms with E-state index < -0.39 is 0 Å². The third-order valence-corrected chi connectivity index (χ3v) is 6.65. The zero-order chi connectivity index (χ0) is 25.8. The number of thioether (sulfide) groups is 1. The van der Waals surface area contributed by atoms with Crippen LogP contribution in [0.3, 0.4) is 0 Å². The van der Waals surface area contributed by atoms with E-state index in [1.807, 2.05) is 13.8 Å². The Morgan fingerprint density at radius 2 is 1.64 bits per heavy atom. The van der Waals surface area contributed by atoms with E-state index >= 15 is 0 Å². The zero-order valence-electron chi connectivity index (χ0n) is 21.2. The van der Waals surface area contributed by atoms with Crippen LogP contribution in [0.4, 0.5) is 5.69 Å². The van der Waals surface area contributed by atoms with Gasteiger partial charge in [-0.05, 0) is 31.9 Å². The molecule has 0 atom stereocenters.